The number of hydrogen-bond donors (Lipinski definition) is 0. The molecule has 4 nitrogen and oxygen atoms in total. The normalized spacial score (nSPS) is 19.0. The highest BCUT2D eigenvalue weighted by Gasteiger charge is 2.41. The molecule has 0 atom stereocenters. The summed E-state index contributed by atoms with van der Waals surface area (Å²) in [7, 11) is -1.87. The number of methoxy groups -OCH3 is 1. The van der Waals surface area contributed by atoms with Crippen LogP contribution >= 0.6 is 11.6 Å². The van der Waals surface area contributed by atoms with Gasteiger partial charge < -0.3 is 4.74 Å². The van der Waals surface area contributed by atoms with Crippen molar-refractivity contribution in [2.24, 2.45) is 5.92 Å². The minimum absolute atomic E-state index is 0.192. The third kappa shape index (κ3) is 3.20. The molecule has 0 heterocycles. The predicted molar refractivity (Wildman–Crippen MR) is 82.2 cm³/mol. The lowest BCUT2D eigenvalue weighted by Gasteiger charge is -2.22. The molecule has 0 radical (unpaired) electrons. The van der Waals surface area contributed by atoms with Gasteiger partial charge in [-0.25, -0.2) is 8.42 Å². The Labute approximate surface area is 131 Å². The van der Waals surface area contributed by atoms with Gasteiger partial charge in [0.15, 0.2) is 0 Å². The molecule has 2 saturated carbocycles. The maximum atomic E-state index is 12.9. The highest BCUT2D eigenvalue weighted by atomic mass is 35.5. The van der Waals surface area contributed by atoms with Crippen molar-refractivity contribution in [3.8, 4) is 5.75 Å². The van der Waals surface area contributed by atoms with E-state index < -0.39 is 10.0 Å². The first-order valence-electron chi connectivity index (χ1n) is 7.31. The second kappa shape index (κ2) is 5.78. The van der Waals surface area contributed by atoms with Crippen molar-refractivity contribution in [3.63, 3.8) is 0 Å². The largest absolute Gasteiger partial charge is 0.496 e. The molecule has 2 fully saturated rings. The van der Waals surface area contributed by atoms with Crippen LogP contribution in [-0.4, -0.2) is 32.4 Å². The Hall–Kier alpha value is -0.780. The number of rotatable bonds is 7. The second-order valence-corrected chi connectivity index (χ2v) is 8.01. The van der Waals surface area contributed by atoms with Crippen LogP contribution in [0.5, 0.6) is 5.75 Å². The van der Waals surface area contributed by atoms with E-state index in [-0.39, 0.29) is 11.9 Å². The quantitative estimate of drug-likeness (QED) is 0.722. The van der Waals surface area contributed by atoms with Gasteiger partial charge in [0.2, 0.25) is 10.0 Å². The zero-order valence-electron chi connectivity index (χ0n) is 12.1. The van der Waals surface area contributed by atoms with Crippen LogP contribution in [0.15, 0.2) is 23.1 Å². The van der Waals surface area contributed by atoms with E-state index in [1.807, 2.05) is 0 Å². The zero-order chi connectivity index (χ0) is 15.0. The maximum absolute atomic E-state index is 12.9. The molecule has 0 spiro atoms. The van der Waals surface area contributed by atoms with E-state index in [1.54, 1.807) is 29.6 Å². The number of ether oxygens (including phenoxy) is 1. The maximum Gasteiger partial charge on any atom is 0.243 e. The summed E-state index contributed by atoms with van der Waals surface area (Å²) in [4.78, 5) is 0.325. The fourth-order valence-electron chi connectivity index (χ4n) is 2.52. The molecule has 0 saturated heterocycles. The van der Waals surface area contributed by atoms with Crippen molar-refractivity contribution in [2.75, 3.05) is 13.7 Å². The first-order chi connectivity index (χ1) is 10.1. The molecule has 0 aliphatic heterocycles. The molecule has 2 aliphatic rings. The molecule has 1 aromatic carbocycles. The molecule has 2 aliphatic carbocycles. The van der Waals surface area contributed by atoms with Crippen LogP contribution in [0.4, 0.5) is 0 Å². The zero-order valence-corrected chi connectivity index (χ0v) is 13.7. The van der Waals surface area contributed by atoms with Crippen molar-refractivity contribution < 1.29 is 13.2 Å². The van der Waals surface area contributed by atoms with Crippen molar-refractivity contribution >= 4 is 21.6 Å². The number of benzene rings is 1. The summed E-state index contributed by atoms with van der Waals surface area (Å²) in [5.41, 5.74) is 0.711. The lowest BCUT2D eigenvalue weighted by Crippen LogP contribution is -2.35. The number of halogens is 1. The number of hydrogen-bond acceptors (Lipinski definition) is 3. The van der Waals surface area contributed by atoms with Crippen molar-refractivity contribution in [3.05, 3.63) is 23.8 Å². The summed E-state index contributed by atoms with van der Waals surface area (Å²) >= 11 is 5.89. The fourth-order valence-corrected chi connectivity index (χ4v) is 4.54. The standard InChI is InChI=1S/C15H20ClNO3S/c1-20-15-7-6-14(8-12(15)9-16)21(18,19)17(13-4-5-13)10-11-2-3-11/h6-8,11,13H,2-5,9-10H2,1H3. The van der Waals surface area contributed by atoms with Gasteiger partial charge in [-0.3, -0.25) is 0 Å². The highest BCUT2D eigenvalue weighted by molar-refractivity contribution is 7.89. The Morgan fingerprint density at radius 2 is 2.00 bits per heavy atom. The van der Waals surface area contributed by atoms with Crippen LogP contribution in [-0.2, 0) is 15.9 Å². The molecule has 6 heteroatoms. The first-order valence-corrected chi connectivity index (χ1v) is 9.28. The summed E-state index contributed by atoms with van der Waals surface area (Å²) in [5, 5.41) is 0. The first kappa shape index (κ1) is 15.1. The minimum atomic E-state index is -3.43. The van der Waals surface area contributed by atoms with Gasteiger partial charge in [0.1, 0.15) is 5.75 Å². The smallest absolute Gasteiger partial charge is 0.243 e. The molecule has 0 unspecified atom stereocenters. The van der Waals surface area contributed by atoms with Crippen LogP contribution < -0.4 is 4.74 Å². The van der Waals surface area contributed by atoms with Crippen LogP contribution in [0.1, 0.15) is 31.2 Å². The second-order valence-electron chi connectivity index (χ2n) is 5.86. The average Bonchev–Trinajstić information content (AvgIpc) is 3.37. The van der Waals surface area contributed by atoms with Crippen LogP contribution in [0.3, 0.4) is 0 Å². The van der Waals surface area contributed by atoms with E-state index in [2.05, 4.69) is 0 Å². The highest BCUT2D eigenvalue weighted by Crippen LogP contribution is 2.38. The van der Waals surface area contributed by atoms with Gasteiger partial charge in [-0.1, -0.05) is 0 Å². The van der Waals surface area contributed by atoms with Crippen molar-refractivity contribution in [1.29, 1.82) is 0 Å². The van der Waals surface area contributed by atoms with Crippen molar-refractivity contribution in [2.45, 2.75) is 42.5 Å². The van der Waals surface area contributed by atoms with E-state index in [4.69, 9.17) is 16.3 Å². The Balaban J connectivity index is 1.92. The molecule has 0 N–H and O–H groups in total. The van der Waals surface area contributed by atoms with Crippen LogP contribution in [0, 0.1) is 5.92 Å². The Morgan fingerprint density at radius 1 is 1.29 bits per heavy atom. The van der Waals surface area contributed by atoms with Gasteiger partial charge in [0, 0.05) is 18.2 Å². The van der Waals surface area contributed by atoms with Crippen molar-refractivity contribution in [1.82, 2.24) is 4.31 Å². The Bertz CT molecular complexity index is 624. The predicted octanol–water partition coefficient (Wildman–Crippen LogP) is 3.00. The average molecular weight is 330 g/mol. The number of alkyl halides is 1. The van der Waals surface area contributed by atoms with Crippen LogP contribution in [0.2, 0.25) is 0 Å². The molecule has 116 valence electrons. The summed E-state index contributed by atoms with van der Waals surface area (Å²) in [5.74, 6) is 1.41. The van der Waals surface area contributed by atoms with Gasteiger partial charge in [-0.05, 0) is 49.8 Å². The van der Waals surface area contributed by atoms with Gasteiger partial charge in [0.25, 0.3) is 0 Å². The summed E-state index contributed by atoms with van der Waals surface area (Å²) in [6, 6.07) is 5.14. The third-order valence-corrected chi connectivity index (χ3v) is 6.29. The Morgan fingerprint density at radius 3 is 2.52 bits per heavy atom. The summed E-state index contributed by atoms with van der Waals surface area (Å²) in [6.45, 7) is 0.662. The lowest BCUT2D eigenvalue weighted by atomic mass is 10.2. The molecule has 0 bridgehead atoms. The SMILES string of the molecule is COc1ccc(S(=O)(=O)N(CC2CC2)C2CC2)cc1CCl. The molecule has 3 rings (SSSR count). The third-order valence-electron chi connectivity index (χ3n) is 4.09. The van der Waals surface area contributed by atoms with E-state index in [9.17, 15) is 8.42 Å². The van der Waals surface area contributed by atoms with E-state index in [0.717, 1.165) is 25.7 Å². The van der Waals surface area contributed by atoms with E-state index >= 15 is 0 Å². The van der Waals surface area contributed by atoms with E-state index in [0.29, 0.717) is 28.7 Å². The van der Waals surface area contributed by atoms with Gasteiger partial charge in [0.05, 0.1) is 17.9 Å². The molecule has 0 aromatic heterocycles. The monoisotopic (exact) mass is 329 g/mol. The van der Waals surface area contributed by atoms with Crippen LogP contribution in [0.25, 0.3) is 0 Å². The fraction of sp³-hybridized carbons (Fsp3) is 0.600. The minimum Gasteiger partial charge on any atom is -0.496 e. The summed E-state index contributed by atoms with van der Waals surface area (Å²) < 4.78 is 32.7. The molecule has 1 aromatic rings. The molecular weight excluding hydrogens is 310 g/mol. The summed E-state index contributed by atoms with van der Waals surface area (Å²) in [6.07, 6.45) is 4.25. The van der Waals surface area contributed by atoms with Gasteiger partial charge in [-0.15, -0.1) is 11.6 Å². The number of sulfonamides is 1. The Kier molecular flexibility index (Phi) is 4.17. The lowest BCUT2D eigenvalue weighted by molar-refractivity contribution is 0.388. The number of nitrogens with zero attached hydrogens (tertiary/aromatic N) is 1. The molecule has 21 heavy (non-hydrogen) atoms. The molecule has 0 amide bonds. The topological polar surface area (TPSA) is 46.6 Å². The van der Waals surface area contributed by atoms with Gasteiger partial charge in [-0.2, -0.15) is 4.31 Å². The van der Waals surface area contributed by atoms with Gasteiger partial charge >= 0.3 is 0 Å². The molecular formula is C15H20ClNO3S. The van der Waals surface area contributed by atoms with E-state index in [1.165, 1.54) is 0 Å².